The number of hydrogen-bond donors (Lipinski definition) is 2. The van der Waals surface area contributed by atoms with Crippen LogP contribution < -0.4 is 4.74 Å². The van der Waals surface area contributed by atoms with Gasteiger partial charge in [-0.05, 0) is 113 Å². The molecule has 362 valence electrons. The fourth-order valence-electron chi connectivity index (χ4n) is 7.26. The third-order valence-corrected chi connectivity index (χ3v) is 11.6. The van der Waals surface area contributed by atoms with Crippen molar-refractivity contribution in [3.8, 4) is 45.1 Å². The number of carboxylic acid groups (broad SMARTS) is 1. The van der Waals surface area contributed by atoms with Crippen LogP contribution in [0.4, 0.5) is 0 Å². The number of aryl methyl sites for hydroxylation is 2. The molecule has 0 bridgehead atoms. The molecule has 10 aromatic rings. The van der Waals surface area contributed by atoms with E-state index in [0.717, 1.165) is 61.0 Å². The van der Waals surface area contributed by atoms with Gasteiger partial charge in [0.15, 0.2) is 0 Å². The summed E-state index contributed by atoms with van der Waals surface area (Å²) in [7, 11) is 1.39. The number of benzene rings is 8. The summed E-state index contributed by atoms with van der Waals surface area (Å²) in [6, 6.07) is 61.2. The number of methoxy groups -OCH3 is 1. The molecule has 2 heterocycles. The van der Waals surface area contributed by atoms with E-state index >= 15 is 0 Å². The van der Waals surface area contributed by atoms with E-state index in [0.29, 0.717) is 22.7 Å². The van der Waals surface area contributed by atoms with Gasteiger partial charge in [0.1, 0.15) is 49.8 Å². The number of aromatic nitrogens is 6. The average molecular weight is 1010 g/mol. The molecule has 0 radical (unpaired) electrons. The van der Waals surface area contributed by atoms with E-state index in [1.807, 2.05) is 190 Å². The highest BCUT2D eigenvalue weighted by Crippen LogP contribution is 2.32. The first-order valence-corrected chi connectivity index (χ1v) is 22.4. The van der Waals surface area contributed by atoms with Crippen molar-refractivity contribution in [1.29, 1.82) is 0 Å². The van der Waals surface area contributed by atoms with Gasteiger partial charge in [0, 0.05) is 5.56 Å². The first kappa shape index (κ1) is 53.5. The van der Waals surface area contributed by atoms with Crippen molar-refractivity contribution in [3.05, 3.63) is 216 Å². The maximum absolute atomic E-state index is 12.2. The highest BCUT2D eigenvalue weighted by Gasteiger charge is 2.25. The van der Waals surface area contributed by atoms with E-state index in [1.54, 1.807) is 18.2 Å². The lowest BCUT2D eigenvalue weighted by Gasteiger charge is -2.18. The largest absolute Gasteiger partial charge is 0.506 e. The number of carbonyl (C=O) groups excluding carboxylic acids is 1. The zero-order valence-electron chi connectivity index (χ0n) is 37.2. The Balaban J connectivity index is 0.000000211. The van der Waals surface area contributed by atoms with Crippen LogP contribution >= 0.6 is 15.9 Å². The minimum Gasteiger partial charge on any atom is -0.506 e. The Morgan fingerprint density at radius 1 is 0.507 bits per heavy atom. The molecule has 2 atom stereocenters. The van der Waals surface area contributed by atoms with Crippen molar-refractivity contribution in [2.45, 2.75) is 47.1 Å². The van der Waals surface area contributed by atoms with Gasteiger partial charge in [0.2, 0.25) is 6.10 Å². The Morgan fingerprint density at radius 2 is 0.915 bits per heavy atom. The zero-order valence-corrected chi connectivity index (χ0v) is 38.8. The summed E-state index contributed by atoms with van der Waals surface area (Å²) in [5.41, 5.74) is 11.9. The summed E-state index contributed by atoms with van der Waals surface area (Å²) in [5, 5.41) is 37.6. The number of phenols is 1. The summed E-state index contributed by atoms with van der Waals surface area (Å²) >= 11 is 3.34. The molecule has 0 amide bonds. The molecule has 0 aliphatic carbocycles. The molecule has 2 N–H and O–H groups in total. The van der Waals surface area contributed by atoms with Gasteiger partial charge >= 0.3 is 11.9 Å². The minimum absolute atomic E-state index is 0. The smallest absolute Gasteiger partial charge is 0.349 e. The summed E-state index contributed by atoms with van der Waals surface area (Å²) in [6.45, 7) is 3.92. The summed E-state index contributed by atoms with van der Waals surface area (Å²) in [6.07, 6.45) is -1.19. The van der Waals surface area contributed by atoms with Crippen LogP contribution in [-0.4, -0.2) is 59.2 Å². The molecular formula is C58H57BrN6O6. The Morgan fingerprint density at radius 3 is 1.39 bits per heavy atom. The monoisotopic (exact) mass is 1010 g/mol. The molecule has 0 fully saturated rings. The second-order valence-corrected chi connectivity index (χ2v) is 16.5. The molecule has 71 heavy (non-hydrogen) atoms. The van der Waals surface area contributed by atoms with E-state index in [1.165, 1.54) is 16.7 Å². The van der Waals surface area contributed by atoms with Crippen LogP contribution in [0.5, 0.6) is 11.5 Å². The van der Waals surface area contributed by atoms with Gasteiger partial charge in [-0.25, -0.2) is 4.79 Å². The Kier molecular flexibility index (Phi) is 18.7. The van der Waals surface area contributed by atoms with E-state index in [2.05, 4.69) is 36.3 Å². The molecule has 0 aliphatic heterocycles. The van der Waals surface area contributed by atoms with Crippen molar-refractivity contribution in [1.82, 2.24) is 30.0 Å². The van der Waals surface area contributed by atoms with Gasteiger partial charge in [-0.1, -0.05) is 172 Å². The van der Waals surface area contributed by atoms with Crippen LogP contribution in [0.3, 0.4) is 0 Å². The highest BCUT2D eigenvalue weighted by molar-refractivity contribution is 9.09. The first-order valence-electron chi connectivity index (χ1n) is 21.5. The Bertz CT molecular complexity index is 3280. The summed E-state index contributed by atoms with van der Waals surface area (Å²) in [4.78, 5) is 26.3. The molecular weight excluding hydrogens is 957 g/mol. The van der Waals surface area contributed by atoms with Crippen LogP contribution in [0.25, 0.3) is 55.7 Å². The Hall–Kier alpha value is -8.42. The third kappa shape index (κ3) is 13.0. The molecule has 0 spiro atoms. The van der Waals surface area contributed by atoms with Gasteiger partial charge in [0.25, 0.3) is 0 Å². The zero-order chi connectivity index (χ0) is 47.6. The van der Waals surface area contributed by atoms with Crippen molar-refractivity contribution < 1.29 is 29.3 Å². The lowest BCUT2D eigenvalue weighted by atomic mass is 10.0. The van der Waals surface area contributed by atoms with E-state index in [9.17, 15) is 19.8 Å². The summed E-state index contributed by atoms with van der Waals surface area (Å²) < 4.78 is 10.8. The topological polar surface area (TPSA) is 154 Å². The molecule has 12 nitrogen and oxygen atoms in total. The lowest BCUT2D eigenvalue weighted by Crippen LogP contribution is -2.19. The van der Waals surface area contributed by atoms with Gasteiger partial charge in [-0.15, -0.1) is 30.0 Å². The van der Waals surface area contributed by atoms with E-state index in [-0.39, 0.29) is 34.0 Å². The molecule has 0 aliphatic rings. The number of aliphatic carboxylic acids is 1. The van der Waals surface area contributed by atoms with E-state index in [4.69, 9.17) is 9.47 Å². The number of nitrogens with zero attached hydrogens (tertiary/aromatic N) is 6. The quantitative estimate of drug-likeness (QED) is 0.0999. The standard InChI is InChI=1S/C27H21N3O3.C15H13BrO2.C13H11N3O.3CH4/c1-18-14-15-25(24(16-18)30-28-22-12-5-6-13-23(22)29-30)33-26(27(31)32)21-11-7-10-20(17-21)19-8-3-2-4-9-19;1-18-15(17)14(16)13-9-5-8-12(10-13)11-6-3-2-4-7-11;1-9-6-7-13(17)12(8-9)16-14-10-4-2-3-5-11(10)15-16;;;/h2-17,26H,1H3,(H,31,32);2-10,14H,1H3;2-8,17H,1H3;3*1H4. The van der Waals surface area contributed by atoms with Gasteiger partial charge in [-0.3, -0.25) is 4.79 Å². The van der Waals surface area contributed by atoms with Crippen molar-refractivity contribution >= 4 is 49.9 Å². The molecule has 2 aromatic heterocycles. The van der Waals surface area contributed by atoms with Crippen LogP contribution in [0.2, 0.25) is 0 Å². The number of aromatic hydroxyl groups is 1. The number of carbonyl (C=O) groups is 2. The molecule has 0 saturated heterocycles. The lowest BCUT2D eigenvalue weighted by molar-refractivity contribution is -0.145. The van der Waals surface area contributed by atoms with Crippen LogP contribution in [0.1, 0.15) is 55.5 Å². The predicted octanol–water partition coefficient (Wildman–Crippen LogP) is 13.9. The van der Waals surface area contributed by atoms with Crippen LogP contribution in [0, 0.1) is 13.8 Å². The first-order chi connectivity index (χ1) is 33.0. The van der Waals surface area contributed by atoms with Gasteiger partial charge in [-0.2, -0.15) is 0 Å². The number of ether oxygens (including phenoxy) is 2. The van der Waals surface area contributed by atoms with Crippen molar-refractivity contribution in [3.63, 3.8) is 0 Å². The number of esters is 1. The molecule has 10 rings (SSSR count). The number of alkyl halides is 1. The normalized spacial score (nSPS) is 11.2. The fourth-order valence-corrected chi connectivity index (χ4v) is 7.73. The number of phenolic OH excluding ortho intramolecular Hbond substituents is 1. The molecule has 8 aromatic carbocycles. The minimum atomic E-state index is -1.19. The second kappa shape index (κ2) is 24.7. The predicted molar refractivity (Wildman–Crippen MR) is 288 cm³/mol. The maximum atomic E-state index is 12.2. The average Bonchev–Trinajstić information content (AvgIpc) is 4.02. The number of carboxylic acids is 1. The fraction of sp³-hybridized carbons (Fsp3) is 0.138. The van der Waals surface area contributed by atoms with Gasteiger partial charge < -0.3 is 19.7 Å². The number of fused-ring (bicyclic) bond motifs is 2. The van der Waals surface area contributed by atoms with Crippen LogP contribution in [0.15, 0.2) is 194 Å². The van der Waals surface area contributed by atoms with Crippen LogP contribution in [-0.2, 0) is 14.3 Å². The Labute approximate surface area is 422 Å². The molecule has 0 saturated carbocycles. The maximum Gasteiger partial charge on any atom is 0.349 e. The van der Waals surface area contributed by atoms with E-state index < -0.39 is 16.9 Å². The number of hydrogen-bond acceptors (Lipinski definition) is 9. The number of halogens is 1. The third-order valence-electron chi connectivity index (χ3n) is 10.7. The highest BCUT2D eigenvalue weighted by atomic mass is 79.9. The molecule has 2 unspecified atom stereocenters. The second-order valence-electron chi connectivity index (χ2n) is 15.6. The number of rotatable bonds is 10. The van der Waals surface area contributed by atoms with Crippen molar-refractivity contribution in [2.75, 3.05) is 7.11 Å². The van der Waals surface area contributed by atoms with Gasteiger partial charge in [0.05, 0.1) is 7.11 Å². The van der Waals surface area contributed by atoms with Crippen molar-refractivity contribution in [2.24, 2.45) is 0 Å². The molecule has 13 heteroatoms. The SMILES string of the molecule is C.C.C.COC(=O)C(Br)c1cccc(-c2ccccc2)c1.Cc1ccc(O)c(-n2nc3ccccc3n2)c1.Cc1ccc(OC(C(=O)O)c2cccc(-c3ccccc3)c2)c(-n2nc3ccccc3n2)c1. The summed E-state index contributed by atoms with van der Waals surface area (Å²) in [5.74, 6) is -0.806.